The molecule has 0 aliphatic heterocycles. The van der Waals surface area contributed by atoms with Crippen LogP contribution >= 0.6 is 0 Å². The third kappa shape index (κ3) is 2.06. The van der Waals surface area contributed by atoms with Crippen molar-refractivity contribution in [2.45, 2.75) is 13.0 Å². The summed E-state index contributed by atoms with van der Waals surface area (Å²) in [6.07, 6.45) is -1.68. The lowest BCUT2D eigenvalue weighted by Crippen LogP contribution is -2.10. The average Bonchev–Trinajstić information content (AvgIpc) is 2.20. The van der Waals surface area contributed by atoms with Crippen molar-refractivity contribution in [3.05, 3.63) is 28.8 Å². The predicted octanol–water partition coefficient (Wildman–Crippen LogP) is 0.690. The number of aliphatic hydroxyl groups is 1. The van der Waals surface area contributed by atoms with Crippen LogP contribution in [0.3, 0.4) is 0 Å². The van der Waals surface area contributed by atoms with Crippen molar-refractivity contribution < 1.29 is 20.1 Å². The summed E-state index contributed by atoms with van der Waals surface area (Å²) in [6.45, 7) is 1.52. The van der Waals surface area contributed by atoms with E-state index in [0.29, 0.717) is 5.56 Å². The van der Waals surface area contributed by atoms with Gasteiger partial charge in [0.15, 0.2) is 6.10 Å². The van der Waals surface area contributed by atoms with Crippen LogP contribution in [0.25, 0.3) is 0 Å². The van der Waals surface area contributed by atoms with Gasteiger partial charge in [0.05, 0.1) is 5.56 Å². The number of phenols is 1. The smallest absolute Gasteiger partial charge is 0.337 e. The number of aliphatic carboxylic acids is 1. The van der Waals surface area contributed by atoms with Gasteiger partial charge in [0.1, 0.15) is 11.8 Å². The molecule has 5 heteroatoms. The number of carboxylic acids is 1. The number of phenolic OH excluding ortho intramolecular Hbond substituents is 1. The predicted molar refractivity (Wildman–Crippen MR) is 50.2 cm³/mol. The van der Waals surface area contributed by atoms with Crippen molar-refractivity contribution in [1.29, 1.82) is 5.26 Å². The van der Waals surface area contributed by atoms with Gasteiger partial charge in [0, 0.05) is 0 Å². The molecule has 0 fully saturated rings. The highest BCUT2D eigenvalue weighted by atomic mass is 16.4. The molecule has 0 aliphatic rings. The Morgan fingerprint density at radius 1 is 1.53 bits per heavy atom. The standard InChI is InChI=1S/C10H9NO4/c1-5-2-6(9(13)10(14)15)3-7(4-11)8(5)12/h2-3,9,12-13H,1H3,(H,14,15). The second-order valence-corrected chi connectivity index (χ2v) is 3.09. The summed E-state index contributed by atoms with van der Waals surface area (Å²) in [7, 11) is 0. The lowest BCUT2D eigenvalue weighted by atomic mass is 10.0. The SMILES string of the molecule is Cc1cc(C(O)C(=O)O)cc(C#N)c1O. The first-order valence-electron chi connectivity index (χ1n) is 4.12. The first-order valence-corrected chi connectivity index (χ1v) is 4.12. The molecule has 1 rings (SSSR count). The zero-order valence-corrected chi connectivity index (χ0v) is 7.93. The summed E-state index contributed by atoms with van der Waals surface area (Å²) >= 11 is 0. The first kappa shape index (κ1) is 11.0. The molecule has 0 bridgehead atoms. The highest BCUT2D eigenvalue weighted by molar-refractivity contribution is 5.74. The van der Waals surface area contributed by atoms with Crippen LogP contribution in [-0.2, 0) is 4.79 Å². The Labute approximate surface area is 85.8 Å². The molecule has 15 heavy (non-hydrogen) atoms. The first-order chi connectivity index (χ1) is 6.97. The van der Waals surface area contributed by atoms with Gasteiger partial charge in [0.2, 0.25) is 0 Å². The number of benzene rings is 1. The Morgan fingerprint density at radius 2 is 2.13 bits per heavy atom. The number of carboxylic acid groups (broad SMARTS) is 1. The monoisotopic (exact) mass is 207 g/mol. The fourth-order valence-corrected chi connectivity index (χ4v) is 1.19. The van der Waals surface area contributed by atoms with Crippen LogP contribution in [0.15, 0.2) is 12.1 Å². The van der Waals surface area contributed by atoms with Crippen molar-refractivity contribution in [3.8, 4) is 11.8 Å². The Bertz CT molecular complexity index is 447. The molecule has 1 unspecified atom stereocenters. The van der Waals surface area contributed by atoms with Gasteiger partial charge in [0.25, 0.3) is 0 Å². The summed E-state index contributed by atoms with van der Waals surface area (Å²) in [4.78, 5) is 10.5. The van der Waals surface area contributed by atoms with Gasteiger partial charge in [-0.05, 0) is 30.2 Å². The maximum atomic E-state index is 10.5. The summed E-state index contributed by atoms with van der Waals surface area (Å²) in [6, 6.07) is 4.20. The maximum absolute atomic E-state index is 10.5. The largest absolute Gasteiger partial charge is 0.506 e. The van der Waals surface area contributed by atoms with Crippen LogP contribution in [0, 0.1) is 18.3 Å². The quantitative estimate of drug-likeness (QED) is 0.662. The van der Waals surface area contributed by atoms with Gasteiger partial charge >= 0.3 is 5.97 Å². The van der Waals surface area contributed by atoms with Gasteiger partial charge < -0.3 is 15.3 Å². The number of nitriles is 1. The van der Waals surface area contributed by atoms with E-state index in [1.807, 2.05) is 0 Å². The summed E-state index contributed by atoms with van der Waals surface area (Å²) in [5.41, 5.74) is 0.379. The van der Waals surface area contributed by atoms with E-state index in [9.17, 15) is 15.0 Å². The van der Waals surface area contributed by atoms with Gasteiger partial charge in [-0.1, -0.05) is 0 Å². The molecule has 0 heterocycles. The van der Waals surface area contributed by atoms with Gasteiger partial charge in [-0.2, -0.15) is 5.26 Å². The van der Waals surface area contributed by atoms with E-state index in [1.165, 1.54) is 13.0 Å². The molecule has 3 N–H and O–H groups in total. The van der Waals surface area contributed by atoms with Crippen molar-refractivity contribution in [2.24, 2.45) is 0 Å². The summed E-state index contributed by atoms with van der Waals surface area (Å²) in [5.74, 6) is -1.59. The lowest BCUT2D eigenvalue weighted by molar-refractivity contribution is -0.146. The minimum absolute atomic E-state index is 0.0506. The van der Waals surface area contributed by atoms with Crippen LogP contribution in [0.4, 0.5) is 0 Å². The number of aromatic hydroxyl groups is 1. The number of nitrogens with zero attached hydrogens (tertiary/aromatic N) is 1. The van der Waals surface area contributed by atoms with E-state index >= 15 is 0 Å². The minimum Gasteiger partial charge on any atom is -0.506 e. The number of hydrogen-bond acceptors (Lipinski definition) is 4. The average molecular weight is 207 g/mol. The third-order valence-electron chi connectivity index (χ3n) is 1.99. The van der Waals surface area contributed by atoms with Crippen LogP contribution in [-0.4, -0.2) is 21.3 Å². The fourth-order valence-electron chi connectivity index (χ4n) is 1.19. The number of aryl methyl sites for hydroxylation is 1. The van der Waals surface area contributed by atoms with Crippen LogP contribution in [0.2, 0.25) is 0 Å². The van der Waals surface area contributed by atoms with Gasteiger partial charge in [-0.25, -0.2) is 4.79 Å². The zero-order chi connectivity index (χ0) is 11.6. The van der Waals surface area contributed by atoms with Gasteiger partial charge in [-0.15, -0.1) is 0 Å². The zero-order valence-electron chi connectivity index (χ0n) is 7.93. The van der Waals surface area contributed by atoms with Crippen molar-refractivity contribution in [2.75, 3.05) is 0 Å². The number of rotatable bonds is 2. The highest BCUT2D eigenvalue weighted by Crippen LogP contribution is 2.26. The third-order valence-corrected chi connectivity index (χ3v) is 1.99. The van der Waals surface area contributed by atoms with Crippen molar-refractivity contribution in [3.63, 3.8) is 0 Å². The molecular weight excluding hydrogens is 198 g/mol. The molecule has 0 aromatic heterocycles. The van der Waals surface area contributed by atoms with E-state index in [-0.39, 0.29) is 16.9 Å². The van der Waals surface area contributed by atoms with Crippen molar-refractivity contribution >= 4 is 5.97 Å². The summed E-state index contributed by atoms with van der Waals surface area (Å²) in [5, 5.41) is 35.8. The number of hydrogen-bond donors (Lipinski definition) is 3. The van der Waals surface area contributed by atoms with E-state index < -0.39 is 12.1 Å². The van der Waals surface area contributed by atoms with Crippen LogP contribution in [0.5, 0.6) is 5.75 Å². The Hall–Kier alpha value is -2.06. The van der Waals surface area contributed by atoms with Crippen LogP contribution in [0.1, 0.15) is 22.8 Å². The Balaban J connectivity index is 3.30. The molecule has 1 aromatic carbocycles. The molecule has 78 valence electrons. The Morgan fingerprint density at radius 3 is 2.60 bits per heavy atom. The van der Waals surface area contributed by atoms with Crippen LogP contribution < -0.4 is 0 Å². The lowest BCUT2D eigenvalue weighted by Gasteiger charge is -2.09. The molecule has 1 aromatic rings. The van der Waals surface area contributed by atoms with E-state index in [2.05, 4.69) is 0 Å². The topological polar surface area (TPSA) is 102 Å². The van der Waals surface area contributed by atoms with E-state index in [0.717, 1.165) is 6.07 Å². The molecule has 0 aliphatic carbocycles. The number of carbonyl (C=O) groups is 1. The van der Waals surface area contributed by atoms with E-state index in [1.54, 1.807) is 6.07 Å². The highest BCUT2D eigenvalue weighted by Gasteiger charge is 2.18. The minimum atomic E-state index is -1.68. The molecule has 0 saturated carbocycles. The fraction of sp³-hybridized carbons (Fsp3) is 0.200. The van der Waals surface area contributed by atoms with Crippen molar-refractivity contribution in [1.82, 2.24) is 0 Å². The Kier molecular flexibility index (Phi) is 2.93. The molecular formula is C10H9NO4. The molecule has 1 atom stereocenters. The normalized spacial score (nSPS) is 11.8. The molecule has 0 saturated heterocycles. The summed E-state index contributed by atoms with van der Waals surface area (Å²) < 4.78 is 0. The molecule has 5 nitrogen and oxygen atoms in total. The second-order valence-electron chi connectivity index (χ2n) is 3.09. The van der Waals surface area contributed by atoms with Gasteiger partial charge in [-0.3, -0.25) is 0 Å². The number of aliphatic hydroxyl groups excluding tert-OH is 1. The molecule has 0 amide bonds. The second kappa shape index (κ2) is 3.98. The molecule has 0 radical (unpaired) electrons. The molecule has 0 spiro atoms. The van der Waals surface area contributed by atoms with E-state index in [4.69, 9.17) is 10.4 Å². The maximum Gasteiger partial charge on any atom is 0.337 e.